The van der Waals surface area contributed by atoms with Gasteiger partial charge < -0.3 is 22.8 Å². The van der Waals surface area contributed by atoms with Crippen molar-refractivity contribution in [3.63, 3.8) is 0 Å². The molecule has 0 aliphatic rings. The van der Waals surface area contributed by atoms with Gasteiger partial charge in [-0.3, -0.25) is 4.98 Å². The van der Waals surface area contributed by atoms with E-state index in [9.17, 15) is 5.11 Å². The molecular formula is C23H27ClN2O. The van der Waals surface area contributed by atoms with Gasteiger partial charge in [0.15, 0.2) is 0 Å². The van der Waals surface area contributed by atoms with Gasteiger partial charge in [0.05, 0.1) is 6.54 Å². The molecule has 0 saturated heterocycles. The van der Waals surface area contributed by atoms with Crippen LogP contribution < -0.4 is 17.7 Å². The minimum atomic E-state index is -0.457. The summed E-state index contributed by atoms with van der Waals surface area (Å²) in [6, 6.07) is 26.6. The van der Waals surface area contributed by atoms with Crippen LogP contribution in [0.3, 0.4) is 0 Å². The Morgan fingerprint density at radius 2 is 1.44 bits per heavy atom. The first kappa shape index (κ1) is 21.1. The Bertz CT molecular complexity index is 729. The molecule has 0 saturated carbocycles. The number of aliphatic hydroxyl groups is 1. The van der Waals surface area contributed by atoms with Crippen LogP contribution in [0.2, 0.25) is 0 Å². The summed E-state index contributed by atoms with van der Waals surface area (Å²) in [5.41, 5.74) is 3.36. The number of nitrogens with zero attached hydrogens (tertiary/aromatic N) is 1. The molecule has 4 heteroatoms. The van der Waals surface area contributed by atoms with Crippen LogP contribution in [0.25, 0.3) is 0 Å². The first-order chi connectivity index (χ1) is 12.8. The number of halogens is 1. The molecule has 0 spiro atoms. The summed E-state index contributed by atoms with van der Waals surface area (Å²) in [5.74, 6) is 0.273. The number of quaternary nitrogens is 1. The molecule has 1 aromatic heterocycles. The van der Waals surface area contributed by atoms with Crippen molar-refractivity contribution < 1.29 is 22.8 Å². The molecule has 0 radical (unpaired) electrons. The zero-order chi connectivity index (χ0) is 18.2. The van der Waals surface area contributed by atoms with Crippen LogP contribution in [0, 0.1) is 0 Å². The Hall–Kier alpha value is -2.20. The normalized spacial score (nSPS) is 14.0. The largest absolute Gasteiger partial charge is 1.00 e. The molecule has 0 aliphatic heterocycles. The predicted molar refractivity (Wildman–Crippen MR) is 105 cm³/mol. The Balaban J connectivity index is 0.00000261. The molecule has 0 fully saturated rings. The summed E-state index contributed by atoms with van der Waals surface area (Å²) in [4.78, 5) is 4.57. The van der Waals surface area contributed by atoms with Crippen molar-refractivity contribution in [3.8, 4) is 0 Å². The van der Waals surface area contributed by atoms with E-state index in [1.165, 1.54) is 5.56 Å². The minimum absolute atomic E-state index is 0. The first-order valence-corrected chi connectivity index (χ1v) is 9.28. The van der Waals surface area contributed by atoms with Crippen molar-refractivity contribution in [2.24, 2.45) is 0 Å². The zero-order valence-corrected chi connectivity index (χ0v) is 16.3. The van der Waals surface area contributed by atoms with Crippen molar-refractivity contribution in [2.75, 3.05) is 6.54 Å². The fourth-order valence-electron chi connectivity index (χ4n) is 3.36. The molecule has 3 aromatic rings. The van der Waals surface area contributed by atoms with E-state index in [1.807, 2.05) is 54.7 Å². The van der Waals surface area contributed by atoms with Gasteiger partial charge in [-0.1, -0.05) is 66.7 Å². The fourth-order valence-corrected chi connectivity index (χ4v) is 3.36. The number of pyridine rings is 1. The lowest BCUT2D eigenvalue weighted by Crippen LogP contribution is -3.00. The molecule has 2 aromatic carbocycles. The second kappa shape index (κ2) is 10.8. The Labute approximate surface area is 167 Å². The van der Waals surface area contributed by atoms with E-state index in [2.05, 4.69) is 47.6 Å². The van der Waals surface area contributed by atoms with Crippen LogP contribution in [0.15, 0.2) is 85.1 Å². The third-order valence-electron chi connectivity index (χ3n) is 4.88. The van der Waals surface area contributed by atoms with E-state index < -0.39 is 6.10 Å². The van der Waals surface area contributed by atoms with Gasteiger partial charge in [-0.05, 0) is 30.2 Å². The zero-order valence-electron chi connectivity index (χ0n) is 15.6. The number of aliphatic hydroxyl groups excluding tert-OH is 1. The van der Waals surface area contributed by atoms with E-state index in [-0.39, 0.29) is 24.4 Å². The SMILES string of the molecule is CC([NH2+]CCC(c1ccccc1)c1ccccn1)C(O)c1ccccc1.[Cl-]. The first-order valence-electron chi connectivity index (χ1n) is 9.28. The van der Waals surface area contributed by atoms with E-state index >= 15 is 0 Å². The molecule has 0 amide bonds. The Morgan fingerprint density at radius 3 is 2.04 bits per heavy atom. The average molecular weight is 383 g/mol. The van der Waals surface area contributed by atoms with Crippen LogP contribution in [0.1, 0.15) is 42.2 Å². The molecule has 3 nitrogen and oxygen atoms in total. The number of hydrogen-bond donors (Lipinski definition) is 2. The predicted octanol–water partition coefficient (Wildman–Crippen LogP) is 0.293. The summed E-state index contributed by atoms with van der Waals surface area (Å²) >= 11 is 0. The average Bonchev–Trinajstić information content (AvgIpc) is 2.72. The lowest BCUT2D eigenvalue weighted by molar-refractivity contribution is -0.694. The van der Waals surface area contributed by atoms with Gasteiger partial charge in [-0.15, -0.1) is 0 Å². The fraction of sp³-hybridized carbons (Fsp3) is 0.261. The van der Waals surface area contributed by atoms with Crippen LogP contribution >= 0.6 is 0 Å². The molecule has 0 aliphatic carbocycles. The summed E-state index contributed by atoms with van der Waals surface area (Å²) in [6.45, 7) is 3.01. The topological polar surface area (TPSA) is 49.7 Å². The molecule has 27 heavy (non-hydrogen) atoms. The van der Waals surface area contributed by atoms with Crippen molar-refractivity contribution in [3.05, 3.63) is 102 Å². The van der Waals surface area contributed by atoms with Gasteiger partial charge in [-0.25, -0.2) is 0 Å². The summed E-state index contributed by atoms with van der Waals surface area (Å²) in [6.07, 6.45) is 2.38. The number of aromatic nitrogens is 1. The van der Waals surface area contributed by atoms with Crippen LogP contribution in [0.4, 0.5) is 0 Å². The van der Waals surface area contributed by atoms with Gasteiger partial charge in [0, 0.05) is 24.2 Å². The summed E-state index contributed by atoms with van der Waals surface area (Å²) in [7, 11) is 0. The van der Waals surface area contributed by atoms with Crippen LogP contribution in [-0.4, -0.2) is 22.7 Å². The molecule has 3 unspecified atom stereocenters. The number of benzene rings is 2. The molecule has 1 heterocycles. The highest BCUT2D eigenvalue weighted by Crippen LogP contribution is 2.25. The molecule has 3 N–H and O–H groups in total. The lowest BCUT2D eigenvalue weighted by atomic mass is 9.92. The van der Waals surface area contributed by atoms with E-state index in [4.69, 9.17) is 0 Å². The third-order valence-corrected chi connectivity index (χ3v) is 4.88. The van der Waals surface area contributed by atoms with Crippen molar-refractivity contribution in [2.45, 2.75) is 31.4 Å². The third kappa shape index (κ3) is 5.90. The van der Waals surface area contributed by atoms with Gasteiger partial charge in [-0.2, -0.15) is 0 Å². The quantitative estimate of drug-likeness (QED) is 0.588. The van der Waals surface area contributed by atoms with Gasteiger partial charge in [0.1, 0.15) is 12.1 Å². The minimum Gasteiger partial charge on any atom is -1.00 e. The molecular weight excluding hydrogens is 356 g/mol. The second-order valence-electron chi connectivity index (χ2n) is 6.75. The number of rotatable bonds is 8. The van der Waals surface area contributed by atoms with Gasteiger partial charge in [0.2, 0.25) is 0 Å². The maximum absolute atomic E-state index is 10.5. The van der Waals surface area contributed by atoms with Crippen molar-refractivity contribution in [1.29, 1.82) is 0 Å². The molecule has 0 bridgehead atoms. The highest BCUT2D eigenvalue weighted by molar-refractivity contribution is 5.28. The number of nitrogens with two attached hydrogens (primary N) is 1. The van der Waals surface area contributed by atoms with Gasteiger partial charge in [0.25, 0.3) is 0 Å². The highest BCUT2D eigenvalue weighted by Gasteiger charge is 2.21. The highest BCUT2D eigenvalue weighted by atomic mass is 35.5. The standard InChI is InChI=1S/C23H26N2O.ClH/c1-18(23(26)20-12-6-3-7-13-20)24-17-15-21(19-10-4-2-5-11-19)22-14-8-9-16-25-22;/h2-14,16,18,21,23-24,26H,15,17H2,1H3;1H. The lowest BCUT2D eigenvalue weighted by Gasteiger charge is -2.20. The van der Waals surface area contributed by atoms with E-state index in [0.29, 0.717) is 0 Å². The van der Waals surface area contributed by atoms with Crippen LogP contribution in [0.5, 0.6) is 0 Å². The summed E-state index contributed by atoms with van der Waals surface area (Å²) < 4.78 is 0. The smallest absolute Gasteiger partial charge is 0.130 e. The summed E-state index contributed by atoms with van der Waals surface area (Å²) in [5, 5.41) is 12.8. The van der Waals surface area contributed by atoms with E-state index in [1.54, 1.807) is 0 Å². The van der Waals surface area contributed by atoms with Crippen molar-refractivity contribution in [1.82, 2.24) is 4.98 Å². The van der Waals surface area contributed by atoms with Gasteiger partial charge >= 0.3 is 0 Å². The van der Waals surface area contributed by atoms with Crippen molar-refractivity contribution >= 4 is 0 Å². The Morgan fingerprint density at radius 1 is 0.852 bits per heavy atom. The molecule has 3 atom stereocenters. The maximum atomic E-state index is 10.5. The molecule has 3 rings (SSSR count). The number of hydrogen-bond acceptors (Lipinski definition) is 2. The van der Waals surface area contributed by atoms with Crippen LogP contribution in [-0.2, 0) is 0 Å². The monoisotopic (exact) mass is 382 g/mol. The Kier molecular flexibility index (Phi) is 8.46. The van der Waals surface area contributed by atoms with E-state index in [0.717, 1.165) is 24.2 Å². The second-order valence-corrected chi connectivity index (χ2v) is 6.75. The molecule has 142 valence electrons. The maximum Gasteiger partial charge on any atom is 0.130 e.